The van der Waals surface area contributed by atoms with Crippen molar-refractivity contribution in [1.29, 1.82) is 0 Å². The number of benzene rings is 10. The van der Waals surface area contributed by atoms with Crippen molar-refractivity contribution in [2.24, 2.45) is 14.2 Å². The minimum atomic E-state index is -2.71. The van der Waals surface area contributed by atoms with Crippen molar-refractivity contribution >= 4 is 86.0 Å². The Bertz CT molecular complexity index is 2650. The van der Waals surface area contributed by atoms with E-state index in [-0.39, 0.29) is 0 Å². The van der Waals surface area contributed by atoms with E-state index >= 15 is 0 Å². The van der Waals surface area contributed by atoms with Gasteiger partial charge in [-0.25, -0.2) is 0 Å². The summed E-state index contributed by atoms with van der Waals surface area (Å²) in [5.74, 6) is 0. The van der Waals surface area contributed by atoms with Gasteiger partial charge in [-0.05, 0) is 18.2 Å². The highest BCUT2D eigenvalue weighted by Crippen LogP contribution is 2.55. The molecule has 0 aliphatic carbocycles. The Hall–Kier alpha value is -7.11. The molecule has 66 heavy (non-hydrogen) atoms. The average molecular weight is 904 g/mol. The van der Waals surface area contributed by atoms with Crippen LogP contribution in [-0.2, 0) is 0 Å². The van der Waals surface area contributed by atoms with Crippen LogP contribution in [0.15, 0.2) is 305 Å². The van der Waals surface area contributed by atoms with Crippen molar-refractivity contribution in [3.63, 3.8) is 0 Å². The smallest absolute Gasteiger partial charge is 0.0668 e. The zero-order valence-corrected chi connectivity index (χ0v) is 39.1. The van der Waals surface area contributed by atoms with Crippen molar-refractivity contribution < 1.29 is 0 Å². The molecule has 318 valence electrons. The summed E-state index contributed by atoms with van der Waals surface area (Å²) >= 11 is 0. The Morgan fingerprint density at radius 1 is 0.167 bits per heavy atom. The number of hydrogen-bond donors (Lipinski definition) is 0. The normalized spacial score (nSPS) is 11.6. The van der Waals surface area contributed by atoms with Crippen LogP contribution >= 0.6 is 21.2 Å². The van der Waals surface area contributed by atoms with E-state index < -0.39 is 21.2 Å². The molecule has 0 N–H and O–H groups in total. The second-order valence-electron chi connectivity index (χ2n) is 15.9. The third-order valence-electron chi connectivity index (χ3n) is 11.9. The van der Waals surface area contributed by atoms with Crippen LogP contribution in [0.25, 0.3) is 0 Å². The minimum absolute atomic E-state index is 0.819. The van der Waals surface area contributed by atoms with E-state index in [2.05, 4.69) is 291 Å². The molecule has 0 radical (unpaired) electrons. The van der Waals surface area contributed by atoms with Gasteiger partial charge < -0.3 is 0 Å². The topological polar surface area (TPSA) is 37.1 Å². The van der Waals surface area contributed by atoms with Crippen molar-refractivity contribution in [2.75, 3.05) is 0 Å². The Morgan fingerprint density at radius 2 is 0.288 bits per heavy atom. The maximum Gasteiger partial charge on any atom is 0.0668 e. The van der Waals surface area contributed by atoms with Crippen molar-refractivity contribution in [1.82, 2.24) is 0 Å². The summed E-state index contributed by atoms with van der Waals surface area (Å²) in [6.45, 7) is 0. The predicted octanol–water partition coefficient (Wildman–Crippen LogP) is 13.1. The molecule has 0 unspecified atom stereocenters. The number of rotatable bonds is 12. The first-order valence-electron chi connectivity index (χ1n) is 22.2. The van der Waals surface area contributed by atoms with Gasteiger partial charge in [-0.2, -0.15) is 0 Å². The summed E-state index contributed by atoms with van der Waals surface area (Å²) in [6, 6.07) is 104. The Kier molecular flexibility index (Phi) is 12.7. The van der Waals surface area contributed by atoms with Crippen LogP contribution in [0.5, 0.6) is 0 Å². The molecule has 10 aromatic carbocycles. The Morgan fingerprint density at radius 3 is 0.409 bits per heavy atom. The van der Waals surface area contributed by atoms with Gasteiger partial charge in [0, 0.05) is 47.7 Å². The molecule has 0 aliphatic heterocycles. The zero-order chi connectivity index (χ0) is 44.5. The fourth-order valence-electron chi connectivity index (χ4n) is 8.93. The van der Waals surface area contributed by atoms with Crippen molar-refractivity contribution in [3.05, 3.63) is 291 Å². The lowest BCUT2D eigenvalue weighted by atomic mass is 10.2. The predicted molar refractivity (Wildman–Crippen MR) is 288 cm³/mol. The fourth-order valence-corrected chi connectivity index (χ4v) is 19.5. The first-order valence-corrected chi connectivity index (χ1v) is 27.4. The monoisotopic (exact) mass is 903 g/mol. The molecule has 0 aromatic heterocycles. The van der Waals surface area contributed by atoms with E-state index in [1.54, 1.807) is 0 Å². The third-order valence-corrected chi connectivity index (χ3v) is 22.9. The highest BCUT2D eigenvalue weighted by molar-refractivity contribution is 7.88. The molecule has 0 spiro atoms. The highest BCUT2D eigenvalue weighted by Gasteiger charge is 2.31. The first kappa shape index (κ1) is 42.8. The van der Waals surface area contributed by atoms with E-state index in [9.17, 15) is 0 Å². The van der Waals surface area contributed by atoms with E-state index in [1.165, 1.54) is 47.7 Å². The van der Waals surface area contributed by atoms with Gasteiger partial charge in [0.25, 0.3) is 0 Å². The second kappa shape index (κ2) is 19.6. The maximum absolute atomic E-state index is 6.13. The van der Waals surface area contributed by atoms with Gasteiger partial charge in [-0.3, -0.25) is 14.2 Å². The molecule has 0 fully saturated rings. The lowest BCUT2D eigenvalue weighted by Crippen LogP contribution is -2.25. The number of hydrogen-bond acceptors (Lipinski definition) is 3. The minimum Gasteiger partial charge on any atom is -0.254 e. The summed E-state index contributed by atoms with van der Waals surface area (Å²) in [5, 5.41) is 10.5. The molecule has 10 rings (SSSR count). The van der Waals surface area contributed by atoms with Gasteiger partial charge in [0.05, 0.1) is 38.2 Å². The van der Waals surface area contributed by atoms with Crippen LogP contribution in [0.1, 0.15) is 0 Å². The standard InChI is InChI=1S/C60H48N3P3/c1-10-28-52(29-11-1)64(53-30-12-2-13-31-53,54-32-14-3-15-33-54)61-49-46-50(62-65(55-34-16-4-17-35-55,56-36-18-5-19-37-56)57-38-20-6-21-39-57)48-51(47-49)63-66(58-40-22-7-23-41-58,59-42-24-8-25-43-59)60-44-26-9-27-45-60/h1-48H. The van der Waals surface area contributed by atoms with E-state index in [4.69, 9.17) is 14.2 Å². The highest BCUT2D eigenvalue weighted by atomic mass is 31.2. The van der Waals surface area contributed by atoms with Gasteiger partial charge in [-0.15, -0.1) is 0 Å². The fraction of sp³-hybridized carbons (Fsp3) is 0. The molecule has 0 saturated carbocycles. The number of nitrogens with zero attached hydrogens (tertiary/aromatic N) is 3. The molecule has 0 atom stereocenters. The Balaban J connectivity index is 1.40. The van der Waals surface area contributed by atoms with E-state index in [1.807, 2.05) is 0 Å². The quantitative estimate of drug-likeness (QED) is 0.110. The van der Waals surface area contributed by atoms with Gasteiger partial charge >= 0.3 is 0 Å². The summed E-state index contributed by atoms with van der Waals surface area (Å²) in [4.78, 5) is 0. The van der Waals surface area contributed by atoms with Gasteiger partial charge in [0.1, 0.15) is 0 Å². The zero-order valence-electron chi connectivity index (χ0n) is 36.4. The average Bonchev–Trinajstić information content (AvgIpc) is 3.41. The van der Waals surface area contributed by atoms with Crippen LogP contribution in [0.2, 0.25) is 0 Å². The van der Waals surface area contributed by atoms with Crippen LogP contribution in [0.3, 0.4) is 0 Å². The molecule has 10 aromatic rings. The van der Waals surface area contributed by atoms with Crippen LogP contribution in [-0.4, -0.2) is 0 Å². The molecular weight excluding hydrogens is 856 g/mol. The molecule has 0 heterocycles. The molecule has 0 aliphatic rings. The van der Waals surface area contributed by atoms with Crippen LogP contribution in [0, 0.1) is 0 Å². The van der Waals surface area contributed by atoms with Crippen LogP contribution in [0.4, 0.5) is 17.1 Å². The molecule has 0 bridgehead atoms. The van der Waals surface area contributed by atoms with Crippen molar-refractivity contribution in [2.45, 2.75) is 0 Å². The molecular formula is C60H48N3P3. The van der Waals surface area contributed by atoms with E-state index in [0.29, 0.717) is 0 Å². The molecule has 0 amide bonds. The summed E-state index contributed by atoms with van der Waals surface area (Å²) < 4.78 is 18.4. The van der Waals surface area contributed by atoms with Gasteiger partial charge in [0.15, 0.2) is 0 Å². The lowest BCUT2D eigenvalue weighted by Gasteiger charge is -2.29. The van der Waals surface area contributed by atoms with E-state index in [0.717, 1.165) is 17.1 Å². The SMILES string of the molecule is c1ccc(P(=Nc2cc(N=P(c3ccccc3)(c3ccccc3)c3ccccc3)cc(N=P(c3ccccc3)(c3ccccc3)c3ccccc3)c2)(c2ccccc2)c2ccccc2)cc1. The lowest BCUT2D eigenvalue weighted by molar-refractivity contribution is 1.46. The third kappa shape index (κ3) is 8.35. The summed E-state index contributed by atoms with van der Waals surface area (Å²) in [6.07, 6.45) is 0. The maximum atomic E-state index is 6.13. The Labute approximate surface area is 389 Å². The second-order valence-corrected chi connectivity index (χ2v) is 25.0. The van der Waals surface area contributed by atoms with Crippen LogP contribution < -0.4 is 47.7 Å². The van der Waals surface area contributed by atoms with Gasteiger partial charge in [0.2, 0.25) is 0 Å². The largest absolute Gasteiger partial charge is 0.254 e. The first-order chi connectivity index (χ1) is 32.7. The van der Waals surface area contributed by atoms with Gasteiger partial charge in [-0.1, -0.05) is 273 Å². The van der Waals surface area contributed by atoms with Crippen molar-refractivity contribution in [3.8, 4) is 0 Å². The summed E-state index contributed by atoms with van der Waals surface area (Å²) in [5.41, 5.74) is 2.46. The molecule has 6 heteroatoms. The summed E-state index contributed by atoms with van der Waals surface area (Å²) in [7, 11) is -8.12. The molecule has 0 saturated heterocycles. The molecule has 3 nitrogen and oxygen atoms in total.